The van der Waals surface area contributed by atoms with E-state index in [4.69, 9.17) is 16.3 Å². The van der Waals surface area contributed by atoms with Crippen molar-refractivity contribution in [2.24, 2.45) is 0 Å². The second kappa shape index (κ2) is 8.44. The van der Waals surface area contributed by atoms with E-state index in [1.54, 1.807) is 63.2 Å². The van der Waals surface area contributed by atoms with Gasteiger partial charge in [-0.1, -0.05) is 48.0 Å². The predicted octanol–water partition coefficient (Wildman–Crippen LogP) is 4.66. The first-order valence-electron chi connectivity index (χ1n) is 8.87. The van der Waals surface area contributed by atoms with Gasteiger partial charge < -0.3 is 10.1 Å². The lowest BCUT2D eigenvalue weighted by Crippen LogP contribution is -2.49. The zero-order valence-electron chi connectivity index (χ0n) is 16.6. The summed E-state index contributed by atoms with van der Waals surface area (Å²) in [5.74, 6) is 0. The van der Waals surface area contributed by atoms with Gasteiger partial charge in [0.1, 0.15) is 5.60 Å². The van der Waals surface area contributed by atoms with Gasteiger partial charge in [-0.25, -0.2) is 13.2 Å². The smallest absolute Gasteiger partial charge is 0.408 e. The van der Waals surface area contributed by atoms with Gasteiger partial charge in [0, 0.05) is 5.02 Å². The Balaban J connectivity index is 2.64. The van der Waals surface area contributed by atoms with Crippen LogP contribution in [0.4, 0.5) is 4.79 Å². The van der Waals surface area contributed by atoms with E-state index in [-0.39, 0.29) is 9.92 Å². The summed E-state index contributed by atoms with van der Waals surface area (Å²) < 4.78 is 30.1. The van der Waals surface area contributed by atoms with Gasteiger partial charge in [-0.05, 0) is 51.5 Å². The second-order valence-corrected chi connectivity index (χ2v) is 10.4. The third kappa shape index (κ3) is 4.89. The van der Waals surface area contributed by atoms with Gasteiger partial charge in [-0.2, -0.15) is 5.26 Å². The third-order valence-corrected chi connectivity index (χ3v) is 6.94. The molecule has 1 amide bonds. The molecular formula is C21H23ClN2O4S. The number of carbonyl (C=O) groups is 1. The largest absolute Gasteiger partial charge is 0.444 e. The lowest BCUT2D eigenvalue weighted by molar-refractivity contribution is 0.0497. The van der Waals surface area contributed by atoms with Crippen LogP contribution >= 0.6 is 11.6 Å². The molecule has 0 unspecified atom stereocenters. The number of halogens is 1. The molecule has 0 heterocycles. The van der Waals surface area contributed by atoms with Gasteiger partial charge in [-0.15, -0.1) is 0 Å². The quantitative estimate of drug-likeness (QED) is 0.738. The minimum atomic E-state index is -4.19. The number of sulfone groups is 1. The molecule has 29 heavy (non-hydrogen) atoms. The summed E-state index contributed by atoms with van der Waals surface area (Å²) in [6.07, 6.45) is -0.854. The summed E-state index contributed by atoms with van der Waals surface area (Å²) >= 11 is 6.30. The van der Waals surface area contributed by atoms with Crippen molar-refractivity contribution in [3.05, 3.63) is 65.2 Å². The van der Waals surface area contributed by atoms with Gasteiger partial charge in [0.05, 0.1) is 17.0 Å². The maximum atomic E-state index is 13.4. The number of benzene rings is 2. The Morgan fingerprint density at radius 2 is 1.62 bits per heavy atom. The van der Waals surface area contributed by atoms with E-state index in [1.807, 2.05) is 6.07 Å². The minimum Gasteiger partial charge on any atom is -0.444 e. The van der Waals surface area contributed by atoms with E-state index in [0.29, 0.717) is 5.56 Å². The maximum Gasteiger partial charge on any atom is 0.408 e. The van der Waals surface area contributed by atoms with Gasteiger partial charge in [0.2, 0.25) is 0 Å². The van der Waals surface area contributed by atoms with E-state index >= 15 is 0 Å². The fourth-order valence-electron chi connectivity index (χ4n) is 2.77. The molecular weight excluding hydrogens is 412 g/mol. The van der Waals surface area contributed by atoms with Crippen molar-refractivity contribution in [3.8, 4) is 6.07 Å². The van der Waals surface area contributed by atoms with Gasteiger partial charge in [0.25, 0.3) is 0 Å². The molecule has 0 spiro atoms. The highest BCUT2D eigenvalue weighted by Gasteiger charge is 2.50. The van der Waals surface area contributed by atoms with Crippen molar-refractivity contribution in [2.75, 3.05) is 0 Å². The summed E-state index contributed by atoms with van der Waals surface area (Å²) in [4.78, 5) is 12.5. The van der Waals surface area contributed by atoms with Crippen LogP contribution in [0, 0.1) is 11.3 Å². The highest BCUT2D eigenvalue weighted by molar-refractivity contribution is 7.93. The monoisotopic (exact) mass is 434 g/mol. The second-order valence-electron chi connectivity index (χ2n) is 7.64. The van der Waals surface area contributed by atoms with Crippen LogP contribution in [0.3, 0.4) is 0 Å². The molecule has 2 atom stereocenters. The number of rotatable bonds is 5. The molecule has 0 bridgehead atoms. The number of nitrogens with one attached hydrogen (secondary N) is 1. The topological polar surface area (TPSA) is 96.3 Å². The molecule has 2 rings (SSSR count). The van der Waals surface area contributed by atoms with Crippen molar-refractivity contribution in [3.63, 3.8) is 0 Å². The highest BCUT2D eigenvalue weighted by Crippen LogP contribution is 2.39. The zero-order chi connectivity index (χ0) is 21.9. The summed E-state index contributed by atoms with van der Waals surface area (Å²) in [5.41, 5.74) is -0.514. The molecule has 8 heteroatoms. The van der Waals surface area contributed by atoms with E-state index < -0.39 is 32.3 Å². The number of alkyl carbamates (subject to hydrolysis) is 1. The molecule has 0 radical (unpaired) electrons. The number of hydrogen-bond acceptors (Lipinski definition) is 5. The first-order valence-corrected chi connectivity index (χ1v) is 10.7. The van der Waals surface area contributed by atoms with Gasteiger partial charge >= 0.3 is 6.09 Å². The lowest BCUT2D eigenvalue weighted by Gasteiger charge is -2.33. The average molecular weight is 435 g/mol. The average Bonchev–Trinajstić information content (AvgIpc) is 2.65. The van der Waals surface area contributed by atoms with E-state index in [0.717, 1.165) is 0 Å². The van der Waals surface area contributed by atoms with E-state index in [2.05, 4.69) is 5.32 Å². The van der Waals surface area contributed by atoms with Crippen molar-refractivity contribution in [1.29, 1.82) is 5.26 Å². The fraction of sp³-hybridized carbons (Fsp3) is 0.333. The molecule has 154 valence electrons. The number of nitrogens with zero attached hydrogens (tertiary/aromatic N) is 1. The van der Waals surface area contributed by atoms with Crippen LogP contribution in [0.1, 0.15) is 39.3 Å². The first-order chi connectivity index (χ1) is 13.4. The number of nitriles is 1. The Kier molecular flexibility index (Phi) is 6.61. The maximum absolute atomic E-state index is 13.4. The molecule has 0 aliphatic carbocycles. The SMILES string of the molecule is CC(C)(C)OC(=O)N[C@@H](c1ccccc1Cl)[C@](C)(C#N)S(=O)(=O)c1ccccc1. The van der Waals surface area contributed by atoms with Crippen LogP contribution in [0.2, 0.25) is 5.02 Å². The van der Waals surface area contributed by atoms with Crippen LogP contribution in [0.5, 0.6) is 0 Å². The number of ether oxygens (including phenoxy) is 1. The van der Waals surface area contributed by atoms with Crippen molar-refractivity contribution in [1.82, 2.24) is 5.32 Å². The summed E-state index contributed by atoms with van der Waals surface area (Å²) in [7, 11) is -4.19. The van der Waals surface area contributed by atoms with E-state index in [1.165, 1.54) is 19.1 Å². The lowest BCUT2D eigenvalue weighted by atomic mass is 9.94. The number of hydrogen-bond donors (Lipinski definition) is 1. The van der Waals surface area contributed by atoms with Crippen LogP contribution in [0.15, 0.2) is 59.5 Å². The zero-order valence-corrected chi connectivity index (χ0v) is 18.2. The molecule has 6 nitrogen and oxygen atoms in total. The van der Waals surface area contributed by atoms with Crippen LogP contribution < -0.4 is 5.32 Å². The van der Waals surface area contributed by atoms with Crippen LogP contribution in [0.25, 0.3) is 0 Å². The third-order valence-electron chi connectivity index (χ3n) is 4.26. The number of carbonyl (C=O) groups excluding carboxylic acids is 1. The van der Waals surface area contributed by atoms with Crippen LogP contribution in [-0.2, 0) is 14.6 Å². The van der Waals surface area contributed by atoms with E-state index in [9.17, 15) is 18.5 Å². The molecule has 1 N–H and O–H groups in total. The highest BCUT2D eigenvalue weighted by atomic mass is 35.5. The minimum absolute atomic E-state index is 0.0351. The molecule has 0 aliphatic rings. The first kappa shape index (κ1) is 22.7. The Labute approximate surface area is 176 Å². The Morgan fingerprint density at radius 3 is 2.14 bits per heavy atom. The van der Waals surface area contributed by atoms with Gasteiger partial charge in [-0.3, -0.25) is 0 Å². The van der Waals surface area contributed by atoms with Crippen LogP contribution in [-0.4, -0.2) is 24.9 Å². The van der Waals surface area contributed by atoms with Gasteiger partial charge in [0.15, 0.2) is 14.6 Å². The fourth-order valence-corrected chi connectivity index (χ4v) is 4.64. The molecule has 0 aliphatic heterocycles. The molecule has 0 saturated heterocycles. The molecule has 2 aromatic carbocycles. The molecule has 0 fully saturated rings. The molecule has 0 saturated carbocycles. The Bertz CT molecular complexity index is 1030. The Hall–Kier alpha value is -2.56. The predicted molar refractivity (Wildman–Crippen MR) is 111 cm³/mol. The van der Waals surface area contributed by atoms with Crippen molar-refractivity contribution in [2.45, 2.75) is 49.0 Å². The molecule has 2 aromatic rings. The van der Waals surface area contributed by atoms with Crippen molar-refractivity contribution >= 4 is 27.5 Å². The number of amides is 1. The summed E-state index contributed by atoms with van der Waals surface area (Å²) in [6, 6.07) is 14.7. The summed E-state index contributed by atoms with van der Waals surface area (Å²) in [5, 5.41) is 12.8. The normalized spacial score (nSPS) is 14.9. The van der Waals surface area contributed by atoms with Crippen molar-refractivity contribution < 1.29 is 17.9 Å². The standard InChI is InChI=1S/C21H23ClN2O4S/c1-20(2,3)28-19(25)24-18(16-12-8-9-13-17(16)22)21(4,14-23)29(26,27)15-10-6-5-7-11-15/h5-13,18H,1-4H3,(H,24,25)/t18-,21-/m0/s1. The Morgan fingerprint density at radius 1 is 1.07 bits per heavy atom. The summed E-state index contributed by atoms with van der Waals surface area (Å²) in [6.45, 7) is 6.31. The molecule has 0 aromatic heterocycles.